The van der Waals surface area contributed by atoms with Crippen LogP contribution in [-0.4, -0.2) is 18.6 Å². The van der Waals surface area contributed by atoms with Gasteiger partial charge < -0.3 is 5.32 Å². The van der Waals surface area contributed by atoms with Crippen molar-refractivity contribution in [2.75, 3.05) is 23.9 Å². The van der Waals surface area contributed by atoms with Crippen LogP contribution in [-0.2, 0) is 0 Å². The van der Waals surface area contributed by atoms with Crippen molar-refractivity contribution in [1.29, 1.82) is 5.26 Å². The molecule has 0 aromatic heterocycles. The summed E-state index contributed by atoms with van der Waals surface area (Å²) in [4.78, 5) is 0. The first-order valence-corrected chi connectivity index (χ1v) is 5.91. The zero-order valence-electron chi connectivity index (χ0n) is 8.50. The third kappa shape index (κ3) is 2.97. The molecule has 0 aliphatic heterocycles. The Bertz CT molecular complexity index is 342. The quantitative estimate of drug-likeness (QED) is 0.769. The molecule has 1 rings (SSSR count). The Balaban J connectivity index is 2.65. The summed E-state index contributed by atoms with van der Waals surface area (Å²) in [5, 5.41) is 12.0. The lowest BCUT2D eigenvalue weighted by Crippen LogP contribution is -2.04. The van der Waals surface area contributed by atoms with Gasteiger partial charge in [0.2, 0.25) is 0 Å². The molecule has 0 amide bonds. The molecule has 0 bridgehead atoms. The number of aryl methyl sites for hydroxylation is 1. The van der Waals surface area contributed by atoms with E-state index in [9.17, 15) is 0 Å². The molecule has 1 aromatic carbocycles. The smallest absolute Gasteiger partial charge is 0.0991 e. The summed E-state index contributed by atoms with van der Waals surface area (Å²) in [5.41, 5.74) is 2.97. The zero-order chi connectivity index (χ0) is 10.4. The average molecular weight is 206 g/mol. The summed E-state index contributed by atoms with van der Waals surface area (Å²) in [6, 6.07) is 7.84. The third-order valence-electron chi connectivity index (χ3n) is 1.98. The Morgan fingerprint density at radius 2 is 2.29 bits per heavy atom. The SMILES string of the molecule is CSCCNc1ccc(C#N)cc1C. The van der Waals surface area contributed by atoms with E-state index in [2.05, 4.69) is 17.6 Å². The number of benzene rings is 1. The van der Waals surface area contributed by atoms with Crippen LogP contribution in [0.5, 0.6) is 0 Å². The molecule has 0 unspecified atom stereocenters. The molecule has 0 fully saturated rings. The third-order valence-corrected chi connectivity index (χ3v) is 2.59. The molecule has 0 saturated carbocycles. The van der Waals surface area contributed by atoms with Gasteiger partial charge in [-0.15, -0.1) is 0 Å². The highest BCUT2D eigenvalue weighted by molar-refractivity contribution is 7.98. The Morgan fingerprint density at radius 1 is 1.50 bits per heavy atom. The summed E-state index contributed by atoms with van der Waals surface area (Å²) >= 11 is 1.82. The Kier molecular flexibility index (Phi) is 4.34. The highest BCUT2D eigenvalue weighted by Crippen LogP contribution is 2.15. The fourth-order valence-electron chi connectivity index (χ4n) is 1.22. The van der Waals surface area contributed by atoms with E-state index in [1.165, 1.54) is 0 Å². The van der Waals surface area contributed by atoms with Gasteiger partial charge in [-0.2, -0.15) is 17.0 Å². The molecule has 0 heterocycles. The minimum absolute atomic E-state index is 0.720. The van der Waals surface area contributed by atoms with Crippen molar-refractivity contribution in [2.45, 2.75) is 6.92 Å². The van der Waals surface area contributed by atoms with Crippen molar-refractivity contribution in [3.8, 4) is 6.07 Å². The molecular weight excluding hydrogens is 192 g/mol. The fourth-order valence-corrected chi connectivity index (χ4v) is 1.53. The molecule has 3 heteroatoms. The topological polar surface area (TPSA) is 35.8 Å². The van der Waals surface area contributed by atoms with Gasteiger partial charge in [0, 0.05) is 18.0 Å². The van der Waals surface area contributed by atoms with Crippen LogP contribution in [0.1, 0.15) is 11.1 Å². The molecule has 14 heavy (non-hydrogen) atoms. The maximum Gasteiger partial charge on any atom is 0.0991 e. The normalized spacial score (nSPS) is 9.50. The van der Waals surface area contributed by atoms with Gasteiger partial charge in [-0.25, -0.2) is 0 Å². The van der Waals surface area contributed by atoms with E-state index in [4.69, 9.17) is 5.26 Å². The number of nitrogens with one attached hydrogen (secondary N) is 1. The van der Waals surface area contributed by atoms with E-state index in [1.807, 2.05) is 36.9 Å². The number of rotatable bonds is 4. The highest BCUT2D eigenvalue weighted by Gasteiger charge is 1.98. The van der Waals surface area contributed by atoms with Gasteiger partial charge in [0.15, 0.2) is 0 Å². The van der Waals surface area contributed by atoms with Crippen molar-refractivity contribution in [3.05, 3.63) is 29.3 Å². The van der Waals surface area contributed by atoms with Crippen LogP contribution in [0.25, 0.3) is 0 Å². The number of nitriles is 1. The minimum atomic E-state index is 0.720. The summed E-state index contributed by atoms with van der Waals surface area (Å²) in [7, 11) is 0. The lowest BCUT2D eigenvalue weighted by Gasteiger charge is -2.08. The van der Waals surface area contributed by atoms with Gasteiger partial charge in [-0.1, -0.05) is 0 Å². The summed E-state index contributed by atoms with van der Waals surface area (Å²) in [5.74, 6) is 1.10. The van der Waals surface area contributed by atoms with E-state index in [0.29, 0.717) is 0 Å². The van der Waals surface area contributed by atoms with Crippen molar-refractivity contribution in [3.63, 3.8) is 0 Å². The Labute approximate surface area is 89.3 Å². The maximum absolute atomic E-state index is 8.69. The van der Waals surface area contributed by atoms with Gasteiger partial charge in [-0.05, 0) is 36.9 Å². The summed E-state index contributed by atoms with van der Waals surface area (Å²) in [6.45, 7) is 2.98. The molecule has 0 aliphatic carbocycles. The van der Waals surface area contributed by atoms with Crippen molar-refractivity contribution in [1.82, 2.24) is 0 Å². The largest absolute Gasteiger partial charge is 0.384 e. The van der Waals surface area contributed by atoms with Crippen LogP contribution < -0.4 is 5.32 Å². The first-order valence-electron chi connectivity index (χ1n) is 4.51. The summed E-state index contributed by atoms with van der Waals surface area (Å²) in [6.07, 6.45) is 2.09. The second-order valence-corrected chi connectivity index (χ2v) is 4.05. The minimum Gasteiger partial charge on any atom is -0.384 e. The lowest BCUT2D eigenvalue weighted by molar-refractivity contribution is 1.21. The van der Waals surface area contributed by atoms with Crippen LogP contribution in [0, 0.1) is 18.3 Å². The first-order chi connectivity index (χ1) is 6.77. The monoisotopic (exact) mass is 206 g/mol. The molecule has 1 N–H and O–H groups in total. The molecule has 2 nitrogen and oxygen atoms in total. The van der Waals surface area contributed by atoms with Crippen molar-refractivity contribution in [2.24, 2.45) is 0 Å². The molecule has 0 radical (unpaired) electrons. The van der Waals surface area contributed by atoms with Gasteiger partial charge in [0.05, 0.1) is 11.6 Å². The molecule has 0 spiro atoms. The maximum atomic E-state index is 8.69. The number of hydrogen-bond donors (Lipinski definition) is 1. The van der Waals surface area contributed by atoms with E-state index in [-0.39, 0.29) is 0 Å². The molecular formula is C11H14N2S. The van der Waals surface area contributed by atoms with Crippen LogP contribution in [0.4, 0.5) is 5.69 Å². The number of hydrogen-bond acceptors (Lipinski definition) is 3. The molecule has 0 saturated heterocycles. The molecule has 74 valence electrons. The van der Waals surface area contributed by atoms with E-state index < -0.39 is 0 Å². The predicted octanol–water partition coefficient (Wildman–Crippen LogP) is 2.64. The first kappa shape index (κ1) is 10.9. The van der Waals surface area contributed by atoms with Gasteiger partial charge in [0.1, 0.15) is 0 Å². The second-order valence-electron chi connectivity index (χ2n) is 3.06. The highest BCUT2D eigenvalue weighted by atomic mass is 32.2. The molecule has 0 atom stereocenters. The predicted molar refractivity (Wildman–Crippen MR) is 62.8 cm³/mol. The van der Waals surface area contributed by atoms with E-state index in [1.54, 1.807) is 0 Å². The average Bonchev–Trinajstić information content (AvgIpc) is 2.20. The Hall–Kier alpha value is -1.14. The lowest BCUT2D eigenvalue weighted by atomic mass is 10.1. The molecule has 1 aromatic rings. The summed E-state index contributed by atoms with van der Waals surface area (Å²) < 4.78 is 0. The standard InChI is InChI=1S/C11H14N2S/c1-9-7-10(8-12)3-4-11(9)13-5-6-14-2/h3-4,7,13H,5-6H2,1-2H3. The Morgan fingerprint density at radius 3 is 2.86 bits per heavy atom. The number of anilines is 1. The fraction of sp³-hybridized carbons (Fsp3) is 0.364. The van der Waals surface area contributed by atoms with Gasteiger partial charge in [0.25, 0.3) is 0 Å². The van der Waals surface area contributed by atoms with Crippen LogP contribution in [0.2, 0.25) is 0 Å². The van der Waals surface area contributed by atoms with Crippen LogP contribution >= 0.6 is 11.8 Å². The van der Waals surface area contributed by atoms with Crippen molar-refractivity contribution < 1.29 is 0 Å². The molecule has 0 aliphatic rings. The van der Waals surface area contributed by atoms with Crippen LogP contribution in [0.3, 0.4) is 0 Å². The zero-order valence-corrected chi connectivity index (χ0v) is 9.32. The number of thioether (sulfide) groups is 1. The number of nitrogens with zero attached hydrogens (tertiary/aromatic N) is 1. The van der Waals surface area contributed by atoms with E-state index in [0.717, 1.165) is 29.1 Å². The van der Waals surface area contributed by atoms with Crippen LogP contribution in [0.15, 0.2) is 18.2 Å². The van der Waals surface area contributed by atoms with E-state index >= 15 is 0 Å². The van der Waals surface area contributed by atoms with Gasteiger partial charge >= 0.3 is 0 Å². The van der Waals surface area contributed by atoms with Crippen molar-refractivity contribution >= 4 is 17.4 Å². The second kappa shape index (κ2) is 5.56. The van der Waals surface area contributed by atoms with Gasteiger partial charge in [-0.3, -0.25) is 0 Å².